The molecule has 0 heterocycles. The molecule has 0 radical (unpaired) electrons. The van der Waals surface area contributed by atoms with Crippen LogP contribution in [0.2, 0.25) is 0 Å². The van der Waals surface area contributed by atoms with Crippen LogP contribution in [0.1, 0.15) is 181 Å². The highest BCUT2D eigenvalue weighted by atomic mass is 16.8. The first-order valence-corrected chi connectivity index (χ1v) is 18.4. The van der Waals surface area contributed by atoms with Crippen LogP contribution >= 0.6 is 0 Å². The van der Waals surface area contributed by atoms with Crippen molar-refractivity contribution in [3.63, 3.8) is 0 Å². The van der Waals surface area contributed by atoms with E-state index in [-0.39, 0.29) is 0 Å². The SMILES string of the molecule is CCCCCCCCCCOC(C=CCCCCCC=O)OC(C=CCCCCCC=O)OCCCCCCCCCC. The lowest BCUT2D eigenvalue weighted by atomic mass is 10.1. The summed E-state index contributed by atoms with van der Waals surface area (Å²) < 4.78 is 18.8. The van der Waals surface area contributed by atoms with Gasteiger partial charge in [-0.15, -0.1) is 0 Å². The Morgan fingerprint density at radius 2 is 0.744 bits per heavy atom. The van der Waals surface area contributed by atoms with Crippen molar-refractivity contribution in [1.82, 2.24) is 0 Å². The van der Waals surface area contributed by atoms with Gasteiger partial charge in [0, 0.05) is 12.8 Å². The number of unbranched alkanes of at least 4 members (excludes halogenated alkanes) is 22. The molecule has 0 rings (SSSR count). The Morgan fingerprint density at radius 1 is 0.419 bits per heavy atom. The van der Waals surface area contributed by atoms with E-state index in [9.17, 15) is 9.59 Å². The van der Waals surface area contributed by atoms with E-state index >= 15 is 0 Å². The van der Waals surface area contributed by atoms with Crippen molar-refractivity contribution < 1.29 is 23.8 Å². The van der Waals surface area contributed by atoms with Crippen molar-refractivity contribution in [3.8, 4) is 0 Å². The third kappa shape index (κ3) is 33.4. The monoisotopic (exact) mass is 607 g/mol. The van der Waals surface area contributed by atoms with E-state index < -0.39 is 12.6 Å². The van der Waals surface area contributed by atoms with Gasteiger partial charge in [0.05, 0.1) is 13.2 Å². The standard InChI is InChI=1S/C38H70O5/c1-3-5-7-9-11-17-23-29-35-41-37(31-25-19-13-15-21-27-33-39)43-38(32-26-20-14-16-22-28-34-40)42-36-30-24-18-12-10-8-6-4-2/h25-26,31-34,37-38H,3-24,27-30,35-36H2,1-2H3. The van der Waals surface area contributed by atoms with Crippen LogP contribution in [0.3, 0.4) is 0 Å². The number of carbonyl (C=O) groups is 2. The third-order valence-electron chi connectivity index (χ3n) is 7.80. The van der Waals surface area contributed by atoms with E-state index in [1.54, 1.807) is 0 Å². The predicted molar refractivity (Wildman–Crippen MR) is 182 cm³/mol. The highest BCUT2D eigenvalue weighted by molar-refractivity contribution is 5.49. The van der Waals surface area contributed by atoms with Crippen LogP contribution < -0.4 is 0 Å². The molecule has 43 heavy (non-hydrogen) atoms. The molecular weight excluding hydrogens is 536 g/mol. The molecule has 252 valence electrons. The zero-order valence-corrected chi connectivity index (χ0v) is 28.5. The van der Waals surface area contributed by atoms with Crippen LogP contribution in [0.5, 0.6) is 0 Å². The maximum Gasteiger partial charge on any atom is 0.180 e. The minimum absolute atomic E-state index is 0.430. The molecule has 0 aromatic rings. The smallest absolute Gasteiger partial charge is 0.180 e. The van der Waals surface area contributed by atoms with E-state index in [1.807, 2.05) is 12.2 Å². The molecule has 0 bridgehead atoms. The number of allylic oxidation sites excluding steroid dienone is 2. The third-order valence-corrected chi connectivity index (χ3v) is 7.80. The number of ether oxygens (including phenoxy) is 3. The maximum absolute atomic E-state index is 10.6. The lowest BCUT2D eigenvalue weighted by molar-refractivity contribution is -0.208. The van der Waals surface area contributed by atoms with Crippen LogP contribution in [-0.4, -0.2) is 38.4 Å². The summed E-state index contributed by atoms with van der Waals surface area (Å²) in [4.78, 5) is 21.1. The fraction of sp³-hybridized carbons (Fsp3) is 0.842. The van der Waals surface area contributed by atoms with Gasteiger partial charge in [0.25, 0.3) is 0 Å². The van der Waals surface area contributed by atoms with Gasteiger partial charge in [0.2, 0.25) is 0 Å². The summed E-state index contributed by atoms with van der Waals surface area (Å²) in [5.74, 6) is 0. The normalized spacial score (nSPS) is 13.3. The lowest BCUT2D eigenvalue weighted by Gasteiger charge is -2.22. The first-order valence-electron chi connectivity index (χ1n) is 18.4. The minimum Gasteiger partial charge on any atom is -0.349 e. The number of hydrogen-bond acceptors (Lipinski definition) is 5. The van der Waals surface area contributed by atoms with Crippen LogP contribution in [0.4, 0.5) is 0 Å². The molecule has 5 nitrogen and oxygen atoms in total. The first-order chi connectivity index (χ1) is 21.3. The van der Waals surface area contributed by atoms with Crippen molar-refractivity contribution in [2.75, 3.05) is 13.2 Å². The molecule has 0 spiro atoms. The summed E-state index contributed by atoms with van der Waals surface area (Å²) in [5, 5.41) is 0. The van der Waals surface area contributed by atoms with E-state index in [0.717, 1.165) is 76.8 Å². The zero-order valence-electron chi connectivity index (χ0n) is 28.5. The second-order valence-corrected chi connectivity index (χ2v) is 12.0. The average molecular weight is 607 g/mol. The molecule has 0 aromatic carbocycles. The maximum atomic E-state index is 10.6. The summed E-state index contributed by atoms with van der Waals surface area (Å²) in [6.45, 7) is 5.90. The number of hydrogen-bond donors (Lipinski definition) is 0. The number of carbonyl (C=O) groups excluding carboxylic acids is 2. The molecule has 5 heteroatoms. The number of aldehydes is 2. The quantitative estimate of drug-likeness (QED) is 0.0307. The van der Waals surface area contributed by atoms with E-state index in [2.05, 4.69) is 26.0 Å². The second-order valence-electron chi connectivity index (χ2n) is 12.0. The van der Waals surface area contributed by atoms with Gasteiger partial charge in [-0.1, -0.05) is 129 Å². The zero-order chi connectivity index (χ0) is 31.3. The molecule has 2 unspecified atom stereocenters. The van der Waals surface area contributed by atoms with Crippen molar-refractivity contribution in [2.45, 2.75) is 193 Å². The van der Waals surface area contributed by atoms with Gasteiger partial charge in [0.15, 0.2) is 12.6 Å². The van der Waals surface area contributed by atoms with Gasteiger partial charge in [-0.05, 0) is 63.5 Å². The summed E-state index contributed by atoms with van der Waals surface area (Å²) in [6, 6.07) is 0. The molecule has 0 aromatic heterocycles. The number of rotatable bonds is 36. The lowest BCUT2D eigenvalue weighted by Crippen LogP contribution is -2.25. The Kier molecular flexibility index (Phi) is 35.8. The Balaban J connectivity index is 4.83. The van der Waals surface area contributed by atoms with Gasteiger partial charge in [-0.25, -0.2) is 0 Å². The Morgan fingerprint density at radius 3 is 1.12 bits per heavy atom. The Labute approximate surface area is 267 Å². The summed E-state index contributed by atoms with van der Waals surface area (Å²) >= 11 is 0. The highest BCUT2D eigenvalue weighted by Crippen LogP contribution is 2.14. The van der Waals surface area contributed by atoms with Crippen LogP contribution in [-0.2, 0) is 23.8 Å². The van der Waals surface area contributed by atoms with E-state index in [4.69, 9.17) is 14.2 Å². The molecule has 0 aliphatic rings. The van der Waals surface area contributed by atoms with E-state index in [1.165, 1.54) is 89.9 Å². The molecule has 2 atom stereocenters. The van der Waals surface area contributed by atoms with E-state index in [0.29, 0.717) is 26.1 Å². The Hall–Kier alpha value is -1.30. The first kappa shape index (κ1) is 41.7. The van der Waals surface area contributed by atoms with Crippen molar-refractivity contribution >= 4 is 12.6 Å². The second kappa shape index (κ2) is 36.9. The largest absolute Gasteiger partial charge is 0.349 e. The molecule has 0 saturated heterocycles. The molecule has 0 aliphatic carbocycles. The van der Waals surface area contributed by atoms with Gasteiger partial charge in [-0.3, -0.25) is 0 Å². The predicted octanol–water partition coefficient (Wildman–Crippen LogP) is 11.4. The van der Waals surface area contributed by atoms with Crippen LogP contribution in [0.25, 0.3) is 0 Å². The van der Waals surface area contributed by atoms with Crippen LogP contribution in [0.15, 0.2) is 24.3 Å². The average Bonchev–Trinajstić information content (AvgIpc) is 3.01. The van der Waals surface area contributed by atoms with Crippen molar-refractivity contribution in [1.29, 1.82) is 0 Å². The molecule has 0 aliphatic heterocycles. The molecular formula is C38H70O5. The Bertz CT molecular complexity index is 565. The summed E-state index contributed by atoms with van der Waals surface area (Å²) in [7, 11) is 0. The van der Waals surface area contributed by atoms with Crippen molar-refractivity contribution in [3.05, 3.63) is 24.3 Å². The fourth-order valence-electron chi connectivity index (χ4n) is 5.03. The van der Waals surface area contributed by atoms with Gasteiger partial charge in [-0.2, -0.15) is 0 Å². The molecule has 0 amide bonds. The molecule has 0 saturated carbocycles. The fourth-order valence-corrected chi connectivity index (χ4v) is 5.03. The summed E-state index contributed by atoms with van der Waals surface area (Å²) in [5.41, 5.74) is 0. The van der Waals surface area contributed by atoms with Crippen LogP contribution in [0, 0.1) is 0 Å². The topological polar surface area (TPSA) is 61.8 Å². The molecule has 0 fully saturated rings. The minimum atomic E-state index is -0.430. The van der Waals surface area contributed by atoms with Gasteiger partial charge >= 0.3 is 0 Å². The summed E-state index contributed by atoms with van der Waals surface area (Å²) in [6.07, 6.45) is 39.3. The van der Waals surface area contributed by atoms with Gasteiger partial charge < -0.3 is 23.8 Å². The molecule has 0 N–H and O–H groups in total. The van der Waals surface area contributed by atoms with Crippen molar-refractivity contribution in [2.24, 2.45) is 0 Å². The highest BCUT2D eigenvalue weighted by Gasteiger charge is 2.13. The van der Waals surface area contributed by atoms with Gasteiger partial charge in [0.1, 0.15) is 12.6 Å².